The second-order valence-corrected chi connectivity index (χ2v) is 6.27. The highest BCUT2D eigenvalue weighted by Crippen LogP contribution is 2.48. The van der Waals surface area contributed by atoms with Crippen molar-refractivity contribution in [3.05, 3.63) is 47.2 Å². The summed E-state index contributed by atoms with van der Waals surface area (Å²) in [6, 6.07) is 8.73. The van der Waals surface area contributed by atoms with Crippen molar-refractivity contribution < 1.29 is 13.6 Å². The van der Waals surface area contributed by atoms with E-state index < -0.39 is 23.7 Å². The zero-order chi connectivity index (χ0) is 19.0. The Morgan fingerprint density at radius 1 is 1.40 bits per heavy atom. The third-order valence-electron chi connectivity index (χ3n) is 4.03. The molecule has 0 radical (unpaired) electrons. The fraction of sp³-hybridized carbons (Fsp3) is 0.444. The standard InChI is InChI=1S/C11H14.C7H12F2N4O/c1-9-5-3-4-6-10(9)11(2)7-8-11;1-12-3-13-7(14)5(11)2-4(10)6(8)9/h3-6H,7-8H2,1-2H3;2,6,11-12H,3,10H2,1H3,(H,13,14)/b;4-2-,11-5?. The number of benzene rings is 1. The number of nitrogens with two attached hydrogens (primary N) is 1. The van der Waals surface area contributed by atoms with Crippen molar-refractivity contribution >= 4 is 11.6 Å². The molecule has 2 rings (SSSR count). The van der Waals surface area contributed by atoms with Crippen LogP contribution >= 0.6 is 0 Å². The molecular weight excluding hydrogens is 326 g/mol. The summed E-state index contributed by atoms with van der Waals surface area (Å²) < 4.78 is 23.7. The van der Waals surface area contributed by atoms with Crippen molar-refractivity contribution in [3.8, 4) is 0 Å². The Hall–Kier alpha value is -2.28. The molecule has 0 aromatic heterocycles. The molecule has 25 heavy (non-hydrogen) atoms. The molecular formula is C18H26F2N4O. The van der Waals surface area contributed by atoms with Gasteiger partial charge in [0.1, 0.15) is 5.71 Å². The number of amides is 1. The van der Waals surface area contributed by atoms with Gasteiger partial charge >= 0.3 is 0 Å². The van der Waals surface area contributed by atoms with Crippen molar-refractivity contribution in [1.29, 1.82) is 5.41 Å². The zero-order valence-corrected chi connectivity index (χ0v) is 14.8. The van der Waals surface area contributed by atoms with Gasteiger partial charge in [-0.1, -0.05) is 31.2 Å². The summed E-state index contributed by atoms with van der Waals surface area (Å²) >= 11 is 0. The van der Waals surface area contributed by atoms with Crippen molar-refractivity contribution in [2.45, 2.75) is 38.5 Å². The molecule has 1 aliphatic carbocycles. The lowest BCUT2D eigenvalue weighted by atomic mass is 9.94. The van der Waals surface area contributed by atoms with E-state index in [1.54, 1.807) is 12.6 Å². The number of alkyl halides is 2. The monoisotopic (exact) mass is 352 g/mol. The van der Waals surface area contributed by atoms with E-state index in [-0.39, 0.29) is 6.67 Å². The number of nitrogens with one attached hydrogen (secondary N) is 3. The van der Waals surface area contributed by atoms with E-state index in [9.17, 15) is 13.6 Å². The van der Waals surface area contributed by atoms with Gasteiger partial charge in [-0.15, -0.1) is 0 Å². The van der Waals surface area contributed by atoms with Crippen LogP contribution in [0.4, 0.5) is 8.78 Å². The third-order valence-corrected chi connectivity index (χ3v) is 4.03. The summed E-state index contributed by atoms with van der Waals surface area (Å²) in [6.45, 7) is 4.72. The van der Waals surface area contributed by atoms with Crippen LogP contribution in [0.15, 0.2) is 36.0 Å². The second-order valence-electron chi connectivity index (χ2n) is 6.27. The Morgan fingerprint density at radius 3 is 2.48 bits per heavy atom. The van der Waals surface area contributed by atoms with E-state index in [1.165, 1.54) is 18.4 Å². The van der Waals surface area contributed by atoms with Gasteiger partial charge in [0.15, 0.2) is 0 Å². The molecule has 5 nitrogen and oxygen atoms in total. The molecule has 0 aliphatic heterocycles. The van der Waals surface area contributed by atoms with E-state index in [0.29, 0.717) is 11.5 Å². The Bertz CT molecular complexity index is 640. The number of hydrogen-bond donors (Lipinski definition) is 4. The van der Waals surface area contributed by atoms with Crippen LogP contribution in [0.5, 0.6) is 0 Å². The average molecular weight is 352 g/mol. The molecule has 5 N–H and O–H groups in total. The zero-order valence-electron chi connectivity index (χ0n) is 14.8. The maximum absolute atomic E-state index is 11.9. The van der Waals surface area contributed by atoms with Gasteiger partial charge in [0.2, 0.25) is 0 Å². The first-order valence-electron chi connectivity index (χ1n) is 8.04. The average Bonchev–Trinajstić information content (AvgIpc) is 3.31. The third kappa shape index (κ3) is 6.62. The summed E-state index contributed by atoms with van der Waals surface area (Å²) in [7, 11) is 1.59. The van der Waals surface area contributed by atoms with Crippen LogP contribution in [0.2, 0.25) is 0 Å². The van der Waals surface area contributed by atoms with Crippen LogP contribution in [-0.4, -0.2) is 31.8 Å². The Morgan fingerprint density at radius 2 is 2.00 bits per heavy atom. The minimum absolute atomic E-state index is 0.156. The molecule has 7 heteroatoms. The van der Waals surface area contributed by atoms with Crippen LogP contribution in [-0.2, 0) is 10.2 Å². The number of hydrogen-bond acceptors (Lipinski definition) is 4. The topological polar surface area (TPSA) is 91.0 Å². The van der Waals surface area contributed by atoms with Crippen molar-refractivity contribution in [1.82, 2.24) is 10.6 Å². The molecule has 0 heterocycles. The number of carbonyl (C=O) groups excluding carboxylic acids is 1. The Kier molecular flexibility index (Phi) is 7.70. The molecule has 0 spiro atoms. The van der Waals surface area contributed by atoms with E-state index >= 15 is 0 Å². The van der Waals surface area contributed by atoms with Crippen LogP contribution in [0.1, 0.15) is 30.9 Å². The highest BCUT2D eigenvalue weighted by molar-refractivity contribution is 6.42. The van der Waals surface area contributed by atoms with Crippen LogP contribution < -0.4 is 16.4 Å². The van der Waals surface area contributed by atoms with Gasteiger partial charge in [-0.3, -0.25) is 10.2 Å². The van der Waals surface area contributed by atoms with Crippen LogP contribution in [0, 0.1) is 12.3 Å². The molecule has 1 fully saturated rings. The second kappa shape index (κ2) is 9.27. The lowest BCUT2D eigenvalue weighted by Crippen LogP contribution is -2.36. The van der Waals surface area contributed by atoms with Crippen LogP contribution in [0.25, 0.3) is 0 Å². The van der Waals surface area contributed by atoms with Gasteiger partial charge in [0.25, 0.3) is 12.3 Å². The Balaban J connectivity index is 0.000000255. The van der Waals surface area contributed by atoms with Gasteiger partial charge in [-0.05, 0) is 49.4 Å². The maximum atomic E-state index is 11.9. The predicted molar refractivity (Wildman–Crippen MR) is 95.8 cm³/mol. The van der Waals surface area contributed by atoms with Gasteiger partial charge < -0.3 is 16.4 Å². The molecule has 0 atom stereocenters. The smallest absolute Gasteiger partial charge is 0.277 e. The highest BCUT2D eigenvalue weighted by atomic mass is 19.3. The van der Waals surface area contributed by atoms with E-state index in [4.69, 9.17) is 11.1 Å². The lowest BCUT2D eigenvalue weighted by Gasteiger charge is -2.11. The van der Waals surface area contributed by atoms with Gasteiger partial charge in [0, 0.05) is 0 Å². The van der Waals surface area contributed by atoms with E-state index in [2.05, 4.69) is 48.7 Å². The molecule has 1 saturated carbocycles. The first-order valence-corrected chi connectivity index (χ1v) is 8.04. The van der Waals surface area contributed by atoms with Gasteiger partial charge in [-0.25, -0.2) is 8.78 Å². The fourth-order valence-corrected chi connectivity index (χ4v) is 2.27. The van der Waals surface area contributed by atoms with Gasteiger partial charge in [-0.2, -0.15) is 0 Å². The molecule has 1 aromatic carbocycles. The maximum Gasteiger partial charge on any atom is 0.277 e. The molecule has 1 aliphatic rings. The molecule has 1 aromatic rings. The van der Waals surface area contributed by atoms with Crippen molar-refractivity contribution in [2.75, 3.05) is 13.7 Å². The SMILES string of the molecule is CNCNC(=O)C(=N)/C=C(\N)C(F)F.Cc1ccccc1C1(C)CC1. The number of allylic oxidation sites excluding steroid dienone is 1. The summed E-state index contributed by atoms with van der Waals surface area (Å²) in [4.78, 5) is 10.9. The lowest BCUT2D eigenvalue weighted by molar-refractivity contribution is -0.114. The quantitative estimate of drug-likeness (QED) is 0.468. The fourth-order valence-electron chi connectivity index (χ4n) is 2.27. The normalized spacial score (nSPS) is 15.2. The minimum Gasteiger partial charge on any atom is -0.397 e. The molecule has 0 bridgehead atoms. The summed E-state index contributed by atoms with van der Waals surface area (Å²) in [6.07, 6.45) is 0.526. The minimum atomic E-state index is -2.85. The molecule has 138 valence electrons. The summed E-state index contributed by atoms with van der Waals surface area (Å²) in [5.41, 5.74) is 7.00. The first-order chi connectivity index (χ1) is 11.7. The first kappa shape index (κ1) is 20.8. The van der Waals surface area contributed by atoms with Crippen molar-refractivity contribution in [3.63, 3.8) is 0 Å². The number of carbonyl (C=O) groups is 1. The number of aryl methyl sites for hydroxylation is 1. The molecule has 1 amide bonds. The summed E-state index contributed by atoms with van der Waals surface area (Å²) in [5.74, 6) is -0.761. The number of rotatable bonds is 6. The predicted octanol–water partition coefficient (Wildman–Crippen LogP) is 2.45. The highest BCUT2D eigenvalue weighted by Gasteiger charge is 2.39. The van der Waals surface area contributed by atoms with Gasteiger partial charge in [0.05, 0.1) is 12.4 Å². The molecule has 0 unspecified atom stereocenters. The Labute approximate surface area is 147 Å². The van der Waals surface area contributed by atoms with E-state index in [1.807, 2.05) is 0 Å². The molecule has 0 saturated heterocycles. The number of halogens is 2. The summed E-state index contributed by atoms with van der Waals surface area (Å²) in [5, 5.41) is 11.9. The largest absolute Gasteiger partial charge is 0.397 e. The van der Waals surface area contributed by atoms with Crippen LogP contribution in [0.3, 0.4) is 0 Å². The van der Waals surface area contributed by atoms with E-state index in [0.717, 1.165) is 0 Å². The van der Waals surface area contributed by atoms with Crippen molar-refractivity contribution in [2.24, 2.45) is 5.73 Å².